The van der Waals surface area contributed by atoms with Crippen molar-refractivity contribution >= 4 is 44.0 Å². The molecular formula is C19H17BrN2O5S. The van der Waals surface area contributed by atoms with Crippen LogP contribution >= 0.6 is 27.3 Å². The first-order valence-corrected chi connectivity index (χ1v) is 10.1. The van der Waals surface area contributed by atoms with E-state index >= 15 is 0 Å². The lowest BCUT2D eigenvalue weighted by molar-refractivity contribution is -0.145. The molecule has 0 radical (unpaired) electrons. The van der Waals surface area contributed by atoms with Crippen LogP contribution < -0.4 is 10.3 Å². The van der Waals surface area contributed by atoms with Crippen molar-refractivity contribution in [2.45, 2.75) is 26.4 Å². The van der Waals surface area contributed by atoms with E-state index in [9.17, 15) is 14.4 Å². The van der Waals surface area contributed by atoms with Crippen molar-refractivity contribution in [3.05, 3.63) is 61.4 Å². The lowest BCUT2D eigenvalue weighted by Crippen LogP contribution is -2.16. The van der Waals surface area contributed by atoms with Crippen LogP contribution in [0.2, 0.25) is 0 Å². The van der Waals surface area contributed by atoms with Crippen molar-refractivity contribution in [3.8, 4) is 5.75 Å². The van der Waals surface area contributed by atoms with Crippen molar-refractivity contribution in [3.63, 3.8) is 0 Å². The van der Waals surface area contributed by atoms with Gasteiger partial charge >= 0.3 is 5.97 Å². The van der Waals surface area contributed by atoms with E-state index in [1.54, 1.807) is 18.2 Å². The third-order valence-electron chi connectivity index (χ3n) is 4.03. The van der Waals surface area contributed by atoms with E-state index in [2.05, 4.69) is 20.9 Å². The highest BCUT2D eigenvalue weighted by atomic mass is 79.9. The van der Waals surface area contributed by atoms with Gasteiger partial charge in [-0.15, -0.1) is 11.3 Å². The summed E-state index contributed by atoms with van der Waals surface area (Å²) in [5.74, 6) is -0.306. The van der Waals surface area contributed by atoms with Gasteiger partial charge in [0, 0.05) is 28.0 Å². The molecule has 0 saturated carbocycles. The van der Waals surface area contributed by atoms with E-state index in [1.807, 2.05) is 12.3 Å². The fourth-order valence-electron chi connectivity index (χ4n) is 2.65. The van der Waals surface area contributed by atoms with Gasteiger partial charge in [-0.05, 0) is 25.1 Å². The largest absolute Gasteiger partial charge is 0.496 e. The first-order chi connectivity index (χ1) is 13.4. The summed E-state index contributed by atoms with van der Waals surface area (Å²) in [5.41, 5.74) is 1.37. The van der Waals surface area contributed by atoms with Gasteiger partial charge in [0.05, 0.1) is 24.8 Å². The Labute approximate surface area is 173 Å². The molecule has 0 spiro atoms. The van der Waals surface area contributed by atoms with E-state index in [1.165, 1.54) is 28.9 Å². The van der Waals surface area contributed by atoms with Crippen molar-refractivity contribution in [2.75, 3.05) is 7.11 Å². The summed E-state index contributed by atoms with van der Waals surface area (Å²) in [6.07, 6.45) is -0.0846. The fraction of sp³-hybridized carbons (Fsp3) is 0.263. The number of Topliss-reactive ketones (excluding diaryl/α,β-unsaturated/α-hetero) is 1. The molecule has 3 aromatic rings. The van der Waals surface area contributed by atoms with E-state index < -0.39 is 5.97 Å². The number of methoxy groups -OCH3 is 1. The number of ether oxygens (including phenoxy) is 2. The maximum atomic E-state index is 12.4. The van der Waals surface area contributed by atoms with E-state index in [4.69, 9.17) is 9.47 Å². The third-order valence-corrected chi connectivity index (χ3v) is 5.46. The number of hydrogen-bond donors (Lipinski definition) is 0. The molecule has 7 nitrogen and oxygen atoms in total. The molecule has 0 N–H and O–H groups in total. The Morgan fingerprint density at radius 3 is 2.79 bits per heavy atom. The van der Waals surface area contributed by atoms with E-state index in [-0.39, 0.29) is 30.8 Å². The quantitative estimate of drug-likeness (QED) is 0.392. The average molecular weight is 465 g/mol. The number of thiazole rings is 1. The van der Waals surface area contributed by atoms with Gasteiger partial charge in [0.15, 0.2) is 10.7 Å². The van der Waals surface area contributed by atoms with Crippen LogP contribution in [0, 0.1) is 6.92 Å². The normalized spacial score (nSPS) is 10.8. The summed E-state index contributed by atoms with van der Waals surface area (Å²) < 4.78 is 12.6. The van der Waals surface area contributed by atoms with E-state index in [0.29, 0.717) is 22.0 Å². The number of carbonyl (C=O) groups is 2. The van der Waals surface area contributed by atoms with Crippen molar-refractivity contribution in [1.82, 2.24) is 9.38 Å². The number of hydrogen-bond acceptors (Lipinski definition) is 7. The van der Waals surface area contributed by atoms with Gasteiger partial charge < -0.3 is 9.47 Å². The number of ketones is 1. The lowest BCUT2D eigenvalue weighted by atomic mass is 10.1. The lowest BCUT2D eigenvalue weighted by Gasteiger charge is -2.08. The molecule has 9 heteroatoms. The number of esters is 1. The molecule has 0 fully saturated rings. The minimum absolute atomic E-state index is 0.00904. The Kier molecular flexibility index (Phi) is 6.25. The second-order valence-corrected chi connectivity index (χ2v) is 7.76. The van der Waals surface area contributed by atoms with Crippen LogP contribution in [0.4, 0.5) is 0 Å². The number of nitrogens with zero attached hydrogens (tertiary/aromatic N) is 2. The number of aromatic nitrogens is 2. The zero-order valence-electron chi connectivity index (χ0n) is 15.2. The highest BCUT2D eigenvalue weighted by molar-refractivity contribution is 9.10. The number of rotatable bonds is 7. The molecule has 146 valence electrons. The summed E-state index contributed by atoms with van der Waals surface area (Å²) in [7, 11) is 1.48. The van der Waals surface area contributed by atoms with Gasteiger partial charge in [0.1, 0.15) is 12.4 Å². The van der Waals surface area contributed by atoms with Crippen LogP contribution in [0.15, 0.2) is 38.9 Å². The molecule has 0 unspecified atom stereocenters. The van der Waals surface area contributed by atoms with Gasteiger partial charge in [-0.1, -0.05) is 15.9 Å². The zero-order chi connectivity index (χ0) is 20.3. The summed E-state index contributed by atoms with van der Waals surface area (Å²) in [4.78, 5) is 41.4. The molecule has 2 heterocycles. The molecule has 0 amide bonds. The maximum absolute atomic E-state index is 12.4. The van der Waals surface area contributed by atoms with Crippen molar-refractivity contribution in [1.29, 1.82) is 0 Å². The minimum Gasteiger partial charge on any atom is -0.496 e. The van der Waals surface area contributed by atoms with Gasteiger partial charge in [0.25, 0.3) is 5.56 Å². The number of carbonyl (C=O) groups excluding carboxylic acids is 2. The monoisotopic (exact) mass is 464 g/mol. The zero-order valence-corrected chi connectivity index (χ0v) is 17.6. The smallest absolute Gasteiger partial charge is 0.306 e. The maximum Gasteiger partial charge on any atom is 0.306 e. The molecule has 3 rings (SSSR count). The van der Waals surface area contributed by atoms with Crippen LogP contribution in [0.3, 0.4) is 0 Å². The Morgan fingerprint density at radius 1 is 1.25 bits per heavy atom. The summed E-state index contributed by atoms with van der Waals surface area (Å²) in [5, 5.41) is 1.83. The number of aryl methyl sites for hydroxylation is 1. The highest BCUT2D eigenvalue weighted by Crippen LogP contribution is 2.24. The predicted octanol–water partition coefficient (Wildman–Crippen LogP) is 3.54. The van der Waals surface area contributed by atoms with Crippen LogP contribution in [-0.4, -0.2) is 28.2 Å². The van der Waals surface area contributed by atoms with Crippen LogP contribution in [0.1, 0.15) is 34.6 Å². The molecular weight excluding hydrogens is 448 g/mol. The topological polar surface area (TPSA) is 87.0 Å². The fourth-order valence-corrected chi connectivity index (χ4v) is 3.90. The van der Waals surface area contributed by atoms with Gasteiger partial charge in [-0.25, -0.2) is 4.98 Å². The minimum atomic E-state index is -0.535. The first-order valence-electron chi connectivity index (χ1n) is 8.38. The Morgan fingerprint density at radius 2 is 2.04 bits per heavy atom. The van der Waals surface area contributed by atoms with E-state index in [0.717, 1.165) is 10.2 Å². The van der Waals surface area contributed by atoms with Crippen molar-refractivity contribution in [2.24, 2.45) is 0 Å². The van der Waals surface area contributed by atoms with Gasteiger partial charge in [-0.3, -0.25) is 18.8 Å². The standard InChI is InChI=1S/C19H17BrN2O5S/c1-11-10-28-19-21-13(8-17(24)22(11)19)9-27-18(25)6-4-15(23)14-7-12(20)3-5-16(14)26-2/h3,5,7-8,10H,4,6,9H2,1-2H3. The number of fused-ring (bicyclic) bond motifs is 1. The Hall–Kier alpha value is -2.52. The molecule has 2 aromatic heterocycles. The molecule has 0 aliphatic rings. The average Bonchev–Trinajstić information content (AvgIpc) is 3.05. The Balaban J connectivity index is 1.59. The molecule has 0 aliphatic carbocycles. The van der Waals surface area contributed by atoms with Gasteiger partial charge in [0.2, 0.25) is 0 Å². The SMILES string of the molecule is COc1ccc(Br)cc1C(=O)CCC(=O)OCc1cc(=O)n2c(C)csc2n1. The van der Waals surface area contributed by atoms with Crippen LogP contribution in [0.5, 0.6) is 5.75 Å². The molecule has 0 aliphatic heterocycles. The second-order valence-electron chi connectivity index (χ2n) is 6.01. The second kappa shape index (κ2) is 8.66. The summed E-state index contributed by atoms with van der Waals surface area (Å²) in [6.45, 7) is 1.71. The molecule has 0 bridgehead atoms. The summed E-state index contributed by atoms with van der Waals surface area (Å²) in [6, 6.07) is 6.45. The van der Waals surface area contributed by atoms with Crippen LogP contribution in [-0.2, 0) is 16.1 Å². The van der Waals surface area contributed by atoms with Gasteiger partial charge in [-0.2, -0.15) is 0 Å². The summed E-state index contributed by atoms with van der Waals surface area (Å²) >= 11 is 4.66. The molecule has 0 atom stereocenters. The third kappa shape index (κ3) is 4.48. The number of halogens is 1. The molecule has 0 saturated heterocycles. The van der Waals surface area contributed by atoms with Crippen molar-refractivity contribution < 1.29 is 19.1 Å². The molecule has 28 heavy (non-hydrogen) atoms. The predicted molar refractivity (Wildman–Crippen MR) is 108 cm³/mol. The molecule has 1 aromatic carbocycles. The number of benzene rings is 1. The highest BCUT2D eigenvalue weighted by Gasteiger charge is 2.16. The first kappa shape index (κ1) is 20.2. The Bertz CT molecular complexity index is 1110. The van der Waals surface area contributed by atoms with Crippen LogP contribution in [0.25, 0.3) is 4.96 Å².